The van der Waals surface area contributed by atoms with Crippen LogP contribution in [-0.2, 0) is 19.7 Å². The molecule has 1 aliphatic heterocycles. The number of amides is 1. The molecule has 0 saturated heterocycles. The molecule has 160 valence electrons. The summed E-state index contributed by atoms with van der Waals surface area (Å²) in [6.45, 7) is 4.24. The molecule has 0 fully saturated rings. The lowest BCUT2D eigenvalue weighted by Gasteiger charge is -2.19. The minimum absolute atomic E-state index is 0.0778. The second-order valence-electron chi connectivity index (χ2n) is 6.65. The van der Waals surface area contributed by atoms with Crippen LogP contribution in [0.3, 0.4) is 0 Å². The van der Waals surface area contributed by atoms with Gasteiger partial charge in [-0.3, -0.25) is 4.79 Å². The molecule has 8 nitrogen and oxygen atoms in total. The Bertz CT molecular complexity index is 1030. The van der Waals surface area contributed by atoms with Crippen LogP contribution in [0.2, 0.25) is 0 Å². The predicted molar refractivity (Wildman–Crippen MR) is 114 cm³/mol. The summed E-state index contributed by atoms with van der Waals surface area (Å²) in [7, 11) is -2.23. The number of rotatable bonds is 8. The molecule has 30 heavy (non-hydrogen) atoms. The molecule has 0 bridgehead atoms. The summed E-state index contributed by atoms with van der Waals surface area (Å²) in [4.78, 5) is 18.2. The van der Waals surface area contributed by atoms with E-state index in [4.69, 9.17) is 9.57 Å². The predicted octanol–water partition coefficient (Wildman–Crippen LogP) is 3.18. The van der Waals surface area contributed by atoms with Gasteiger partial charge in [0.05, 0.1) is 17.7 Å². The van der Waals surface area contributed by atoms with Crippen molar-refractivity contribution in [1.29, 1.82) is 0 Å². The number of nitrogens with zero attached hydrogens (tertiary/aromatic N) is 2. The molecule has 0 aromatic heterocycles. The Morgan fingerprint density at radius 3 is 2.53 bits per heavy atom. The van der Waals surface area contributed by atoms with E-state index in [-0.39, 0.29) is 22.4 Å². The molecule has 1 amide bonds. The summed E-state index contributed by atoms with van der Waals surface area (Å²) in [5, 5.41) is 6.61. The Morgan fingerprint density at radius 2 is 1.90 bits per heavy atom. The van der Waals surface area contributed by atoms with Crippen molar-refractivity contribution in [1.82, 2.24) is 4.31 Å². The third-order valence-corrected chi connectivity index (χ3v) is 6.91. The smallest absolute Gasteiger partial charge is 0.273 e. The molecule has 1 atom stereocenters. The summed E-state index contributed by atoms with van der Waals surface area (Å²) in [6.07, 6.45) is -0.0153. The molecule has 3 rings (SSSR count). The van der Waals surface area contributed by atoms with Crippen molar-refractivity contribution in [3.63, 3.8) is 0 Å². The maximum absolute atomic E-state index is 12.8. The van der Waals surface area contributed by atoms with Crippen LogP contribution in [0, 0.1) is 0 Å². The second kappa shape index (κ2) is 9.27. The lowest BCUT2D eigenvalue weighted by molar-refractivity contribution is -0.110. The van der Waals surface area contributed by atoms with Gasteiger partial charge in [0.25, 0.3) is 5.91 Å². The Labute approximate surface area is 176 Å². The monoisotopic (exact) mass is 431 g/mol. The number of nitrogens with one attached hydrogen (secondary N) is 1. The normalized spacial score (nSPS) is 16.1. The molecule has 1 unspecified atom stereocenters. The molecule has 1 heterocycles. The first kappa shape index (κ1) is 21.8. The quantitative estimate of drug-likeness (QED) is 0.692. The fourth-order valence-corrected chi connectivity index (χ4v) is 4.69. The third-order valence-electron chi connectivity index (χ3n) is 4.86. The van der Waals surface area contributed by atoms with E-state index < -0.39 is 15.9 Å². The van der Waals surface area contributed by atoms with Crippen molar-refractivity contribution in [2.24, 2.45) is 5.16 Å². The Morgan fingerprint density at radius 1 is 1.20 bits per heavy atom. The van der Waals surface area contributed by atoms with E-state index in [0.29, 0.717) is 25.3 Å². The summed E-state index contributed by atoms with van der Waals surface area (Å²) in [5.41, 5.74) is 1.40. The van der Waals surface area contributed by atoms with Crippen LogP contribution in [0.5, 0.6) is 5.75 Å². The molecule has 2 aromatic rings. The maximum atomic E-state index is 12.8. The second-order valence-corrected chi connectivity index (χ2v) is 8.59. The molecule has 1 aliphatic rings. The van der Waals surface area contributed by atoms with Gasteiger partial charge in [-0.25, -0.2) is 8.42 Å². The summed E-state index contributed by atoms with van der Waals surface area (Å²) in [6, 6.07) is 13.9. The SMILES string of the molecule is CCN(CC)S(=O)(=O)c1ccc(OC)c(NC(=O)C2=NOC(c3ccccc3)C2)c1. The van der Waals surface area contributed by atoms with Crippen LogP contribution in [-0.4, -0.2) is 44.5 Å². The fraction of sp³-hybridized carbons (Fsp3) is 0.333. The largest absolute Gasteiger partial charge is 0.495 e. The average molecular weight is 432 g/mol. The molecule has 1 N–H and O–H groups in total. The first-order valence-corrected chi connectivity index (χ1v) is 11.1. The Kier molecular flexibility index (Phi) is 6.73. The van der Waals surface area contributed by atoms with Gasteiger partial charge >= 0.3 is 0 Å². The van der Waals surface area contributed by atoms with Crippen LogP contribution < -0.4 is 10.1 Å². The van der Waals surface area contributed by atoms with Crippen molar-refractivity contribution in [3.05, 3.63) is 54.1 Å². The van der Waals surface area contributed by atoms with Crippen molar-refractivity contribution in [2.45, 2.75) is 31.3 Å². The number of benzene rings is 2. The van der Waals surface area contributed by atoms with Crippen LogP contribution in [0.15, 0.2) is 58.6 Å². The zero-order valence-corrected chi connectivity index (χ0v) is 18.0. The van der Waals surface area contributed by atoms with E-state index in [9.17, 15) is 13.2 Å². The van der Waals surface area contributed by atoms with Gasteiger partial charge in [0.1, 0.15) is 11.5 Å². The average Bonchev–Trinajstić information content (AvgIpc) is 3.25. The molecular formula is C21H25N3O5S. The molecule has 2 aromatic carbocycles. The number of sulfonamides is 1. The summed E-state index contributed by atoms with van der Waals surface area (Å²) in [5.74, 6) is -0.120. The Hall–Kier alpha value is -2.91. The van der Waals surface area contributed by atoms with Crippen molar-refractivity contribution < 1.29 is 22.8 Å². The topological polar surface area (TPSA) is 97.3 Å². The van der Waals surface area contributed by atoms with E-state index in [2.05, 4.69) is 10.5 Å². The van der Waals surface area contributed by atoms with Crippen LogP contribution in [0.1, 0.15) is 31.9 Å². The van der Waals surface area contributed by atoms with Gasteiger partial charge in [-0.2, -0.15) is 4.31 Å². The van der Waals surface area contributed by atoms with E-state index in [1.807, 2.05) is 30.3 Å². The minimum atomic E-state index is -3.68. The van der Waals surface area contributed by atoms with Gasteiger partial charge < -0.3 is 14.9 Å². The number of anilines is 1. The zero-order chi connectivity index (χ0) is 21.7. The first-order chi connectivity index (χ1) is 14.4. The molecule has 0 aliphatic carbocycles. The number of hydrogen-bond donors (Lipinski definition) is 1. The van der Waals surface area contributed by atoms with Gasteiger partial charge in [-0.15, -0.1) is 0 Å². The van der Waals surface area contributed by atoms with Crippen molar-refractivity contribution in [2.75, 3.05) is 25.5 Å². The van der Waals surface area contributed by atoms with E-state index in [1.165, 1.54) is 29.6 Å². The highest BCUT2D eigenvalue weighted by atomic mass is 32.2. The van der Waals surface area contributed by atoms with Gasteiger partial charge in [-0.05, 0) is 23.8 Å². The van der Waals surface area contributed by atoms with Gasteiger partial charge in [-0.1, -0.05) is 49.3 Å². The Balaban J connectivity index is 1.80. The van der Waals surface area contributed by atoms with Crippen LogP contribution >= 0.6 is 0 Å². The lowest BCUT2D eigenvalue weighted by atomic mass is 10.0. The molecule has 0 spiro atoms. The fourth-order valence-electron chi connectivity index (χ4n) is 3.21. The number of oxime groups is 1. The van der Waals surface area contributed by atoms with E-state index in [1.54, 1.807) is 13.8 Å². The molecule has 0 radical (unpaired) electrons. The van der Waals surface area contributed by atoms with Crippen molar-refractivity contribution >= 4 is 27.3 Å². The summed E-state index contributed by atoms with van der Waals surface area (Å²) >= 11 is 0. The number of carbonyl (C=O) groups excluding carboxylic acids is 1. The first-order valence-electron chi connectivity index (χ1n) is 9.67. The third kappa shape index (κ3) is 4.47. The number of methoxy groups -OCH3 is 1. The zero-order valence-electron chi connectivity index (χ0n) is 17.2. The highest BCUT2D eigenvalue weighted by Crippen LogP contribution is 2.31. The summed E-state index contributed by atoms with van der Waals surface area (Å²) < 4.78 is 32.3. The van der Waals surface area contributed by atoms with Crippen LogP contribution in [0.4, 0.5) is 5.69 Å². The van der Waals surface area contributed by atoms with Gasteiger partial charge in [0.2, 0.25) is 10.0 Å². The number of hydrogen-bond acceptors (Lipinski definition) is 6. The van der Waals surface area contributed by atoms with E-state index in [0.717, 1.165) is 5.56 Å². The van der Waals surface area contributed by atoms with E-state index >= 15 is 0 Å². The standard InChI is InChI=1S/C21H25N3O5S/c1-4-24(5-2)30(26,27)16-11-12-19(28-3)17(13-16)22-21(25)18-14-20(29-23-18)15-9-7-6-8-10-15/h6-13,20H,4-5,14H2,1-3H3,(H,22,25). The molecule has 0 saturated carbocycles. The highest BCUT2D eigenvalue weighted by molar-refractivity contribution is 7.89. The molecular weight excluding hydrogens is 406 g/mol. The van der Waals surface area contributed by atoms with Gasteiger partial charge in [0, 0.05) is 19.5 Å². The minimum Gasteiger partial charge on any atom is -0.495 e. The highest BCUT2D eigenvalue weighted by Gasteiger charge is 2.28. The van der Waals surface area contributed by atoms with Crippen molar-refractivity contribution in [3.8, 4) is 5.75 Å². The lowest BCUT2D eigenvalue weighted by Crippen LogP contribution is -2.30. The van der Waals surface area contributed by atoms with Gasteiger partial charge in [0.15, 0.2) is 6.10 Å². The number of ether oxygens (including phenoxy) is 1. The molecule has 9 heteroatoms. The van der Waals surface area contributed by atoms with Crippen LogP contribution in [0.25, 0.3) is 0 Å². The maximum Gasteiger partial charge on any atom is 0.273 e. The number of carbonyl (C=O) groups is 1.